The van der Waals surface area contributed by atoms with E-state index in [-0.39, 0.29) is 5.91 Å². The Bertz CT molecular complexity index is 395. The maximum absolute atomic E-state index is 11.8. The van der Waals surface area contributed by atoms with E-state index in [4.69, 9.17) is 9.57 Å². The fourth-order valence-electron chi connectivity index (χ4n) is 1.54. The molecule has 1 aliphatic heterocycles. The van der Waals surface area contributed by atoms with Crippen molar-refractivity contribution in [3.63, 3.8) is 0 Å². The van der Waals surface area contributed by atoms with Crippen LogP contribution in [0.25, 0.3) is 0 Å². The summed E-state index contributed by atoms with van der Waals surface area (Å²) in [4.78, 5) is 16.6. The number of nitrogens with one attached hydrogen (secondary N) is 1. The number of rotatable bonds is 2. The summed E-state index contributed by atoms with van der Waals surface area (Å²) in [6.07, 6.45) is -0.542. The number of hydroxylamine groups is 2. The molecule has 5 nitrogen and oxygen atoms in total. The second-order valence-corrected chi connectivity index (χ2v) is 3.50. The molecule has 1 unspecified atom stereocenters. The van der Waals surface area contributed by atoms with E-state index in [9.17, 15) is 4.79 Å². The Kier molecular flexibility index (Phi) is 2.96. The molecular formula is C11H14N2O3. The minimum Gasteiger partial charge on any atom is -0.476 e. The lowest BCUT2D eigenvalue weighted by atomic mass is 10.2. The first kappa shape index (κ1) is 10.8. The van der Waals surface area contributed by atoms with Gasteiger partial charge in [-0.15, -0.1) is 0 Å². The molecular weight excluding hydrogens is 208 g/mol. The molecule has 1 aromatic rings. The number of anilines is 1. The quantitative estimate of drug-likeness (QED) is 0.755. The van der Waals surface area contributed by atoms with Crippen LogP contribution in [0.4, 0.5) is 5.69 Å². The van der Waals surface area contributed by atoms with Gasteiger partial charge in [-0.3, -0.25) is 9.63 Å². The Morgan fingerprint density at radius 1 is 1.56 bits per heavy atom. The highest BCUT2D eigenvalue weighted by Gasteiger charge is 2.28. The fourth-order valence-corrected chi connectivity index (χ4v) is 1.54. The molecule has 86 valence electrons. The van der Waals surface area contributed by atoms with Crippen LogP contribution in [0.2, 0.25) is 0 Å². The van der Waals surface area contributed by atoms with Gasteiger partial charge in [0, 0.05) is 7.05 Å². The van der Waals surface area contributed by atoms with Crippen LogP contribution in [0.1, 0.15) is 0 Å². The molecule has 2 rings (SSSR count). The number of carbonyl (C=O) groups is 1. The Labute approximate surface area is 93.9 Å². The van der Waals surface area contributed by atoms with E-state index in [1.807, 2.05) is 24.3 Å². The maximum atomic E-state index is 11.8. The van der Waals surface area contributed by atoms with E-state index < -0.39 is 6.10 Å². The smallest absolute Gasteiger partial charge is 0.288 e. The van der Waals surface area contributed by atoms with Crippen molar-refractivity contribution >= 4 is 11.6 Å². The summed E-state index contributed by atoms with van der Waals surface area (Å²) in [5.41, 5.74) is 0.909. The third kappa shape index (κ3) is 1.94. The molecule has 1 atom stereocenters. The molecule has 1 aliphatic rings. The first-order valence-corrected chi connectivity index (χ1v) is 5.03. The van der Waals surface area contributed by atoms with E-state index in [1.165, 1.54) is 12.2 Å². The number of para-hydroxylation sites is 2. The molecule has 1 heterocycles. The van der Waals surface area contributed by atoms with E-state index >= 15 is 0 Å². The third-order valence-corrected chi connectivity index (χ3v) is 2.49. The van der Waals surface area contributed by atoms with Crippen LogP contribution >= 0.6 is 0 Å². The number of nitrogens with zero attached hydrogens (tertiary/aromatic N) is 1. The second-order valence-electron chi connectivity index (χ2n) is 3.50. The van der Waals surface area contributed by atoms with Gasteiger partial charge in [0.1, 0.15) is 5.75 Å². The van der Waals surface area contributed by atoms with Crippen molar-refractivity contribution in [3.8, 4) is 5.75 Å². The minimum atomic E-state index is -0.542. The predicted molar refractivity (Wildman–Crippen MR) is 59.1 cm³/mol. The van der Waals surface area contributed by atoms with Crippen molar-refractivity contribution in [2.24, 2.45) is 0 Å². The van der Waals surface area contributed by atoms with Crippen molar-refractivity contribution in [1.82, 2.24) is 5.06 Å². The van der Waals surface area contributed by atoms with Gasteiger partial charge in [0.15, 0.2) is 6.10 Å². The topological polar surface area (TPSA) is 50.8 Å². The van der Waals surface area contributed by atoms with Crippen molar-refractivity contribution in [2.45, 2.75) is 6.10 Å². The number of hydrogen-bond acceptors (Lipinski definition) is 4. The van der Waals surface area contributed by atoms with Gasteiger partial charge in [-0.25, -0.2) is 5.06 Å². The molecule has 0 saturated carbocycles. The molecule has 16 heavy (non-hydrogen) atoms. The number of likely N-dealkylation sites (N-methyl/N-ethyl adjacent to an activating group) is 1. The summed E-state index contributed by atoms with van der Waals surface area (Å²) < 4.78 is 5.58. The van der Waals surface area contributed by atoms with Gasteiger partial charge in [-0.1, -0.05) is 12.1 Å². The van der Waals surface area contributed by atoms with Gasteiger partial charge in [-0.05, 0) is 12.1 Å². The Morgan fingerprint density at radius 2 is 2.31 bits per heavy atom. The molecule has 0 spiro atoms. The summed E-state index contributed by atoms with van der Waals surface area (Å²) >= 11 is 0. The summed E-state index contributed by atoms with van der Waals surface area (Å²) in [5, 5.41) is 4.31. The zero-order valence-electron chi connectivity index (χ0n) is 9.27. The molecule has 5 heteroatoms. The first-order chi connectivity index (χ1) is 7.72. The molecule has 1 amide bonds. The van der Waals surface area contributed by atoms with Gasteiger partial charge in [-0.2, -0.15) is 0 Å². The molecule has 0 aromatic heterocycles. The van der Waals surface area contributed by atoms with E-state index in [2.05, 4.69) is 5.32 Å². The fraction of sp³-hybridized carbons (Fsp3) is 0.364. The minimum absolute atomic E-state index is 0.204. The van der Waals surface area contributed by atoms with Crippen LogP contribution in [0, 0.1) is 0 Å². The second kappa shape index (κ2) is 4.40. The largest absolute Gasteiger partial charge is 0.476 e. The molecule has 0 bridgehead atoms. The molecule has 1 aromatic carbocycles. The Hall–Kier alpha value is -1.75. The average molecular weight is 222 g/mol. The molecule has 1 N–H and O–H groups in total. The highest BCUT2D eigenvalue weighted by Crippen LogP contribution is 2.28. The van der Waals surface area contributed by atoms with Gasteiger partial charge < -0.3 is 10.1 Å². The number of hydrogen-bond donors (Lipinski definition) is 1. The monoisotopic (exact) mass is 222 g/mol. The van der Waals surface area contributed by atoms with Crippen molar-refractivity contribution in [3.05, 3.63) is 24.3 Å². The zero-order chi connectivity index (χ0) is 11.5. The van der Waals surface area contributed by atoms with Crippen LogP contribution in [-0.2, 0) is 9.63 Å². The first-order valence-electron chi connectivity index (χ1n) is 5.03. The molecule has 0 saturated heterocycles. The van der Waals surface area contributed by atoms with Crippen molar-refractivity contribution in [2.75, 3.05) is 26.0 Å². The maximum Gasteiger partial charge on any atom is 0.288 e. The van der Waals surface area contributed by atoms with Gasteiger partial charge in [0.2, 0.25) is 0 Å². The third-order valence-electron chi connectivity index (χ3n) is 2.49. The number of benzene rings is 1. The van der Waals surface area contributed by atoms with Crippen LogP contribution in [0.5, 0.6) is 5.75 Å². The summed E-state index contributed by atoms with van der Waals surface area (Å²) in [5.74, 6) is 0.487. The Morgan fingerprint density at radius 3 is 3.06 bits per heavy atom. The van der Waals surface area contributed by atoms with Crippen LogP contribution in [-0.4, -0.2) is 37.8 Å². The van der Waals surface area contributed by atoms with E-state index in [0.717, 1.165) is 5.69 Å². The number of amides is 1. The summed E-state index contributed by atoms with van der Waals surface area (Å²) in [6.45, 7) is 0.448. The summed E-state index contributed by atoms with van der Waals surface area (Å²) in [7, 11) is 3.01. The number of fused-ring (bicyclic) bond motifs is 1. The number of ether oxygens (including phenoxy) is 1. The van der Waals surface area contributed by atoms with E-state index in [0.29, 0.717) is 12.3 Å². The zero-order valence-corrected chi connectivity index (χ0v) is 9.27. The highest BCUT2D eigenvalue weighted by atomic mass is 16.7. The van der Waals surface area contributed by atoms with Crippen LogP contribution < -0.4 is 10.1 Å². The standard InChI is InChI=1S/C11H14N2O3/c1-13(15-2)11(14)10-7-12-8-5-3-4-6-9(8)16-10/h3-6,10,12H,7H2,1-2H3. The normalized spacial score (nSPS) is 18.0. The van der Waals surface area contributed by atoms with Crippen LogP contribution in [0.3, 0.4) is 0 Å². The van der Waals surface area contributed by atoms with Crippen molar-refractivity contribution in [1.29, 1.82) is 0 Å². The van der Waals surface area contributed by atoms with Crippen LogP contribution in [0.15, 0.2) is 24.3 Å². The van der Waals surface area contributed by atoms with Gasteiger partial charge >= 0.3 is 0 Å². The molecule has 0 fully saturated rings. The highest BCUT2D eigenvalue weighted by molar-refractivity contribution is 5.82. The lowest BCUT2D eigenvalue weighted by molar-refractivity contribution is -0.175. The lowest BCUT2D eigenvalue weighted by Crippen LogP contribution is -2.45. The SMILES string of the molecule is CON(C)C(=O)C1CNc2ccccc2O1. The number of carbonyl (C=O) groups excluding carboxylic acids is 1. The Balaban J connectivity index is 2.11. The summed E-state index contributed by atoms with van der Waals surface area (Å²) in [6, 6.07) is 7.52. The molecule has 0 aliphatic carbocycles. The van der Waals surface area contributed by atoms with Crippen molar-refractivity contribution < 1.29 is 14.4 Å². The predicted octanol–water partition coefficient (Wildman–Crippen LogP) is 0.879. The molecule has 0 radical (unpaired) electrons. The van der Waals surface area contributed by atoms with Gasteiger partial charge in [0.05, 0.1) is 19.3 Å². The lowest BCUT2D eigenvalue weighted by Gasteiger charge is -2.28. The van der Waals surface area contributed by atoms with E-state index in [1.54, 1.807) is 7.05 Å². The average Bonchev–Trinajstić information content (AvgIpc) is 2.36. The van der Waals surface area contributed by atoms with Gasteiger partial charge in [0.25, 0.3) is 5.91 Å².